The van der Waals surface area contributed by atoms with Gasteiger partial charge in [-0.3, -0.25) is 4.79 Å². The van der Waals surface area contributed by atoms with Gasteiger partial charge in [0.1, 0.15) is 0 Å². The molecule has 6 heteroatoms. The van der Waals surface area contributed by atoms with Crippen LogP contribution < -0.4 is 10.5 Å². The average Bonchev–Trinajstić information content (AvgIpc) is 2.37. The van der Waals surface area contributed by atoms with Gasteiger partial charge in [0.25, 0.3) is 0 Å². The lowest BCUT2D eigenvalue weighted by Gasteiger charge is -2.12. The van der Waals surface area contributed by atoms with E-state index in [0.29, 0.717) is 6.42 Å². The smallest absolute Gasteiger partial charge is 0.238 e. The van der Waals surface area contributed by atoms with Gasteiger partial charge in [0.05, 0.1) is 4.90 Å². The number of hydrogen-bond acceptors (Lipinski definition) is 4. The standard InChI is InChI=1S/C13H16N2O3S/c14-19(17,18)12-7-5-11(6-8-12)15-9-10-3-1-2-4-13(10)16/h5-9,15H,1-4H2,(H2,14,17,18). The molecule has 1 aromatic rings. The number of nitrogens with two attached hydrogens (primary N) is 1. The fourth-order valence-electron chi connectivity index (χ4n) is 1.96. The molecule has 0 heterocycles. The lowest BCUT2D eigenvalue weighted by atomic mass is 9.94. The summed E-state index contributed by atoms with van der Waals surface area (Å²) in [6, 6.07) is 6.09. The number of nitrogens with one attached hydrogen (secondary N) is 1. The van der Waals surface area contributed by atoms with Crippen molar-refractivity contribution in [2.45, 2.75) is 30.6 Å². The first-order valence-corrected chi connectivity index (χ1v) is 7.63. The summed E-state index contributed by atoms with van der Waals surface area (Å²) in [5.74, 6) is 0.180. The molecule has 0 spiro atoms. The molecular formula is C13H16N2O3S. The third kappa shape index (κ3) is 3.65. The summed E-state index contributed by atoms with van der Waals surface area (Å²) < 4.78 is 22.2. The molecule has 19 heavy (non-hydrogen) atoms. The number of primary sulfonamides is 1. The second-order valence-corrected chi connectivity index (χ2v) is 6.08. The maximum Gasteiger partial charge on any atom is 0.238 e. The number of sulfonamides is 1. The summed E-state index contributed by atoms with van der Waals surface area (Å²) in [5, 5.41) is 8.02. The molecular weight excluding hydrogens is 264 g/mol. The molecule has 0 atom stereocenters. The summed E-state index contributed by atoms with van der Waals surface area (Å²) in [4.78, 5) is 11.7. The predicted octanol–water partition coefficient (Wildman–Crippen LogP) is 1.77. The molecule has 1 aromatic carbocycles. The van der Waals surface area contributed by atoms with Crippen LogP contribution in [0.4, 0.5) is 5.69 Å². The Morgan fingerprint density at radius 3 is 2.32 bits per heavy atom. The monoisotopic (exact) mass is 280 g/mol. The van der Waals surface area contributed by atoms with Gasteiger partial charge in [-0.25, -0.2) is 13.6 Å². The van der Waals surface area contributed by atoms with Crippen molar-refractivity contribution in [3.63, 3.8) is 0 Å². The van der Waals surface area contributed by atoms with Crippen molar-refractivity contribution >= 4 is 21.5 Å². The normalized spacial score (nSPS) is 18.6. The Balaban J connectivity index is 2.08. The highest BCUT2D eigenvalue weighted by molar-refractivity contribution is 7.89. The zero-order chi connectivity index (χ0) is 13.9. The maximum atomic E-state index is 11.6. The van der Waals surface area contributed by atoms with Crippen molar-refractivity contribution in [2.75, 3.05) is 5.32 Å². The number of anilines is 1. The van der Waals surface area contributed by atoms with Gasteiger partial charge in [0.2, 0.25) is 10.0 Å². The molecule has 0 unspecified atom stereocenters. The zero-order valence-electron chi connectivity index (χ0n) is 10.4. The van der Waals surface area contributed by atoms with Crippen molar-refractivity contribution in [3.05, 3.63) is 36.0 Å². The Kier molecular flexibility index (Phi) is 4.01. The molecule has 1 aliphatic rings. The van der Waals surface area contributed by atoms with E-state index in [-0.39, 0.29) is 10.7 Å². The Morgan fingerprint density at radius 1 is 1.11 bits per heavy atom. The molecule has 5 nitrogen and oxygen atoms in total. The number of hydrogen-bond donors (Lipinski definition) is 2. The molecule has 0 aliphatic heterocycles. The Morgan fingerprint density at radius 2 is 1.74 bits per heavy atom. The van der Waals surface area contributed by atoms with E-state index in [1.165, 1.54) is 12.1 Å². The number of allylic oxidation sites excluding steroid dienone is 1. The highest BCUT2D eigenvalue weighted by Gasteiger charge is 2.14. The van der Waals surface area contributed by atoms with Gasteiger partial charge in [-0.1, -0.05) is 0 Å². The van der Waals surface area contributed by atoms with Crippen LogP contribution in [0.1, 0.15) is 25.7 Å². The van der Waals surface area contributed by atoms with Crippen LogP contribution in [0.2, 0.25) is 0 Å². The summed E-state index contributed by atoms with van der Waals surface area (Å²) >= 11 is 0. The quantitative estimate of drug-likeness (QED) is 0.826. The molecule has 0 saturated heterocycles. The van der Waals surface area contributed by atoms with Crippen LogP contribution in [0.5, 0.6) is 0 Å². The highest BCUT2D eigenvalue weighted by Crippen LogP contribution is 2.20. The first kappa shape index (κ1) is 13.8. The topological polar surface area (TPSA) is 89.3 Å². The van der Waals surface area contributed by atoms with Crippen LogP contribution in [0.15, 0.2) is 40.9 Å². The van der Waals surface area contributed by atoms with E-state index in [1.54, 1.807) is 18.3 Å². The van der Waals surface area contributed by atoms with Gasteiger partial charge in [0, 0.05) is 23.9 Å². The summed E-state index contributed by atoms with van der Waals surface area (Å²) in [5.41, 5.74) is 1.51. The molecule has 0 aromatic heterocycles. The minimum Gasteiger partial charge on any atom is -0.361 e. The molecule has 102 valence electrons. The third-order valence-electron chi connectivity index (χ3n) is 3.05. The van der Waals surface area contributed by atoms with Crippen LogP contribution in [-0.4, -0.2) is 14.2 Å². The predicted molar refractivity (Wildman–Crippen MR) is 73.0 cm³/mol. The minimum absolute atomic E-state index is 0.0689. The average molecular weight is 280 g/mol. The molecule has 0 radical (unpaired) electrons. The van der Waals surface area contributed by atoms with E-state index in [2.05, 4.69) is 5.32 Å². The largest absolute Gasteiger partial charge is 0.361 e. The van der Waals surface area contributed by atoms with Gasteiger partial charge in [-0.2, -0.15) is 0 Å². The van der Waals surface area contributed by atoms with Gasteiger partial charge in [0.15, 0.2) is 5.78 Å². The Bertz CT molecular complexity index is 603. The SMILES string of the molecule is NS(=O)(=O)c1ccc(NC=C2CCCCC2=O)cc1. The van der Waals surface area contributed by atoms with Crippen molar-refractivity contribution < 1.29 is 13.2 Å². The molecule has 0 bridgehead atoms. The first-order chi connectivity index (χ1) is 8.97. The number of benzene rings is 1. The molecule has 0 amide bonds. The molecule has 3 N–H and O–H groups in total. The van der Waals surface area contributed by atoms with Crippen molar-refractivity contribution in [1.82, 2.24) is 0 Å². The molecule has 1 saturated carbocycles. The number of rotatable bonds is 3. The Labute approximate surface area is 112 Å². The van der Waals surface area contributed by atoms with Gasteiger partial charge >= 0.3 is 0 Å². The van der Waals surface area contributed by atoms with E-state index in [9.17, 15) is 13.2 Å². The number of carbonyl (C=O) groups excluding carboxylic acids is 1. The van der Waals surface area contributed by atoms with Gasteiger partial charge < -0.3 is 5.32 Å². The van der Waals surface area contributed by atoms with Crippen LogP contribution in [0.3, 0.4) is 0 Å². The van der Waals surface area contributed by atoms with E-state index >= 15 is 0 Å². The number of Topliss-reactive ketones (excluding diaryl/α,β-unsaturated/α-hetero) is 1. The summed E-state index contributed by atoms with van der Waals surface area (Å²) in [6.07, 6.45) is 5.09. The van der Waals surface area contributed by atoms with Crippen molar-refractivity contribution in [1.29, 1.82) is 0 Å². The van der Waals surface area contributed by atoms with E-state index in [0.717, 1.165) is 30.5 Å². The fourth-order valence-corrected chi connectivity index (χ4v) is 2.48. The first-order valence-electron chi connectivity index (χ1n) is 6.08. The second-order valence-electron chi connectivity index (χ2n) is 4.51. The van der Waals surface area contributed by atoms with Crippen molar-refractivity contribution in [3.8, 4) is 0 Å². The fraction of sp³-hybridized carbons (Fsp3) is 0.308. The van der Waals surface area contributed by atoms with E-state index in [4.69, 9.17) is 5.14 Å². The van der Waals surface area contributed by atoms with Crippen molar-refractivity contribution in [2.24, 2.45) is 5.14 Å². The third-order valence-corrected chi connectivity index (χ3v) is 3.98. The van der Waals surface area contributed by atoms with Crippen LogP contribution >= 0.6 is 0 Å². The van der Waals surface area contributed by atoms with Gasteiger partial charge in [-0.05, 0) is 43.5 Å². The minimum atomic E-state index is -3.66. The lowest BCUT2D eigenvalue weighted by molar-refractivity contribution is -0.116. The van der Waals surface area contributed by atoms with E-state index in [1.807, 2.05) is 0 Å². The summed E-state index contributed by atoms with van der Waals surface area (Å²) in [6.45, 7) is 0. The second kappa shape index (κ2) is 5.54. The molecule has 2 rings (SSSR count). The van der Waals surface area contributed by atoms with Crippen LogP contribution in [0, 0.1) is 0 Å². The van der Waals surface area contributed by atoms with Crippen LogP contribution in [-0.2, 0) is 14.8 Å². The lowest BCUT2D eigenvalue weighted by Crippen LogP contribution is -2.12. The zero-order valence-corrected chi connectivity index (χ0v) is 11.2. The van der Waals surface area contributed by atoms with Gasteiger partial charge in [-0.15, -0.1) is 0 Å². The highest BCUT2D eigenvalue weighted by atomic mass is 32.2. The summed E-state index contributed by atoms with van der Waals surface area (Å²) in [7, 11) is -3.66. The molecule has 1 fully saturated rings. The molecule has 1 aliphatic carbocycles. The Hall–Kier alpha value is -1.66. The number of carbonyl (C=O) groups is 1. The van der Waals surface area contributed by atoms with Crippen LogP contribution in [0.25, 0.3) is 0 Å². The number of ketones is 1. The maximum absolute atomic E-state index is 11.6. The van der Waals surface area contributed by atoms with E-state index < -0.39 is 10.0 Å².